The highest BCUT2D eigenvalue weighted by Crippen LogP contribution is 2.26. The van der Waals surface area contributed by atoms with Gasteiger partial charge in [0, 0.05) is 18.3 Å². The van der Waals surface area contributed by atoms with Crippen LogP contribution in [-0.4, -0.2) is 21.0 Å². The van der Waals surface area contributed by atoms with Crippen molar-refractivity contribution in [3.8, 4) is 0 Å². The molecule has 21 heavy (non-hydrogen) atoms. The van der Waals surface area contributed by atoms with Crippen LogP contribution in [0.15, 0.2) is 17.0 Å². The van der Waals surface area contributed by atoms with Gasteiger partial charge in [0.2, 0.25) is 10.0 Å². The molecule has 1 aromatic carbocycles. The van der Waals surface area contributed by atoms with E-state index in [1.807, 2.05) is 26.0 Å². The molecular formula is C16H26N2O2S. The Morgan fingerprint density at radius 2 is 1.71 bits per heavy atom. The second kappa shape index (κ2) is 6.79. The molecule has 1 aliphatic carbocycles. The van der Waals surface area contributed by atoms with Gasteiger partial charge in [0.15, 0.2) is 0 Å². The molecule has 0 aliphatic heterocycles. The molecular weight excluding hydrogens is 284 g/mol. The Balaban J connectivity index is 2.25. The van der Waals surface area contributed by atoms with Gasteiger partial charge in [0.1, 0.15) is 0 Å². The molecule has 4 nitrogen and oxygen atoms in total. The van der Waals surface area contributed by atoms with Crippen LogP contribution in [0.5, 0.6) is 0 Å². The molecule has 0 atom stereocenters. The maximum atomic E-state index is 12.6. The third-order valence-electron chi connectivity index (χ3n) is 3.99. The molecule has 0 spiro atoms. The van der Waals surface area contributed by atoms with E-state index >= 15 is 0 Å². The minimum atomic E-state index is -3.42. The molecule has 0 unspecified atom stereocenters. The first-order valence-corrected chi connectivity index (χ1v) is 9.30. The van der Waals surface area contributed by atoms with E-state index in [0.29, 0.717) is 4.90 Å². The molecule has 118 valence electrons. The maximum absolute atomic E-state index is 12.6. The van der Waals surface area contributed by atoms with Crippen molar-refractivity contribution in [2.75, 3.05) is 11.9 Å². The van der Waals surface area contributed by atoms with Crippen molar-refractivity contribution >= 4 is 15.7 Å². The molecule has 1 saturated carbocycles. The lowest BCUT2D eigenvalue weighted by atomic mass is 10.1. The summed E-state index contributed by atoms with van der Waals surface area (Å²) in [4.78, 5) is 0.441. The lowest BCUT2D eigenvalue weighted by Gasteiger charge is -2.17. The van der Waals surface area contributed by atoms with Gasteiger partial charge in [0.05, 0.1) is 4.90 Å². The standard InChI is InChI=1S/C16H26N2O2S/c1-4-9-17-15-10-12(2)16(13(3)11-15)21(19,20)18-14-7-5-6-8-14/h10-11,14,17-18H,4-9H2,1-3H3. The van der Waals surface area contributed by atoms with Crippen LogP contribution in [0.2, 0.25) is 0 Å². The number of hydrogen-bond acceptors (Lipinski definition) is 3. The van der Waals surface area contributed by atoms with Crippen molar-refractivity contribution in [1.29, 1.82) is 0 Å². The predicted molar refractivity (Wildman–Crippen MR) is 87.3 cm³/mol. The van der Waals surface area contributed by atoms with Gasteiger partial charge in [-0.25, -0.2) is 13.1 Å². The summed E-state index contributed by atoms with van der Waals surface area (Å²) in [7, 11) is -3.42. The summed E-state index contributed by atoms with van der Waals surface area (Å²) in [6, 6.07) is 3.95. The van der Waals surface area contributed by atoms with Gasteiger partial charge in [-0.15, -0.1) is 0 Å². The van der Waals surface area contributed by atoms with Crippen LogP contribution in [0.3, 0.4) is 0 Å². The Morgan fingerprint density at radius 3 is 2.24 bits per heavy atom. The summed E-state index contributed by atoms with van der Waals surface area (Å²) in [6.45, 7) is 6.74. The SMILES string of the molecule is CCCNc1cc(C)c(S(=O)(=O)NC2CCCC2)c(C)c1. The van der Waals surface area contributed by atoms with E-state index in [9.17, 15) is 8.42 Å². The minimum absolute atomic E-state index is 0.103. The number of aryl methyl sites for hydroxylation is 2. The monoisotopic (exact) mass is 310 g/mol. The minimum Gasteiger partial charge on any atom is -0.385 e. The highest BCUT2D eigenvalue weighted by molar-refractivity contribution is 7.89. The Morgan fingerprint density at radius 1 is 1.14 bits per heavy atom. The van der Waals surface area contributed by atoms with Gasteiger partial charge < -0.3 is 5.32 Å². The second-order valence-corrected chi connectivity index (χ2v) is 7.62. The van der Waals surface area contributed by atoms with E-state index < -0.39 is 10.0 Å². The molecule has 1 aromatic rings. The van der Waals surface area contributed by atoms with Gasteiger partial charge in [-0.1, -0.05) is 19.8 Å². The fraction of sp³-hybridized carbons (Fsp3) is 0.625. The molecule has 2 N–H and O–H groups in total. The van der Waals surface area contributed by atoms with Crippen LogP contribution in [0.25, 0.3) is 0 Å². The van der Waals surface area contributed by atoms with Crippen molar-refractivity contribution in [2.24, 2.45) is 0 Å². The zero-order valence-electron chi connectivity index (χ0n) is 13.2. The highest BCUT2D eigenvalue weighted by Gasteiger charge is 2.25. The number of anilines is 1. The number of hydrogen-bond donors (Lipinski definition) is 2. The number of rotatable bonds is 6. The topological polar surface area (TPSA) is 58.2 Å². The summed E-state index contributed by atoms with van der Waals surface area (Å²) in [5.41, 5.74) is 2.60. The van der Waals surface area contributed by atoms with Crippen LogP contribution in [-0.2, 0) is 10.0 Å². The predicted octanol–water partition coefficient (Wildman–Crippen LogP) is 3.35. The third-order valence-corrected chi connectivity index (χ3v) is 5.81. The summed E-state index contributed by atoms with van der Waals surface area (Å²) in [5.74, 6) is 0. The van der Waals surface area contributed by atoms with Crippen molar-refractivity contribution in [3.05, 3.63) is 23.3 Å². The highest BCUT2D eigenvalue weighted by atomic mass is 32.2. The fourth-order valence-electron chi connectivity index (χ4n) is 3.07. The molecule has 0 radical (unpaired) electrons. The molecule has 0 saturated heterocycles. The van der Waals surface area contributed by atoms with Gasteiger partial charge in [-0.3, -0.25) is 0 Å². The molecule has 1 fully saturated rings. The lowest BCUT2D eigenvalue weighted by Crippen LogP contribution is -2.33. The van der Waals surface area contributed by atoms with Crippen LogP contribution in [0.1, 0.15) is 50.2 Å². The van der Waals surface area contributed by atoms with Crippen molar-refractivity contribution < 1.29 is 8.42 Å². The molecule has 5 heteroatoms. The van der Waals surface area contributed by atoms with Crippen LogP contribution < -0.4 is 10.0 Å². The van der Waals surface area contributed by atoms with Crippen molar-refractivity contribution in [2.45, 2.75) is 63.8 Å². The largest absolute Gasteiger partial charge is 0.385 e. The van der Waals surface area contributed by atoms with Crippen LogP contribution in [0.4, 0.5) is 5.69 Å². The van der Waals surface area contributed by atoms with Gasteiger partial charge in [-0.05, 0) is 56.4 Å². The summed E-state index contributed by atoms with van der Waals surface area (Å²) in [6.07, 6.45) is 5.18. The molecule has 1 aliphatic rings. The first kappa shape index (κ1) is 16.3. The van der Waals surface area contributed by atoms with E-state index in [2.05, 4.69) is 17.0 Å². The van der Waals surface area contributed by atoms with E-state index in [0.717, 1.165) is 55.5 Å². The zero-order valence-corrected chi connectivity index (χ0v) is 14.0. The quantitative estimate of drug-likeness (QED) is 0.847. The van der Waals surface area contributed by atoms with Gasteiger partial charge in [-0.2, -0.15) is 0 Å². The Kier molecular flexibility index (Phi) is 5.27. The maximum Gasteiger partial charge on any atom is 0.241 e. The van der Waals surface area contributed by atoms with E-state index in [4.69, 9.17) is 0 Å². The summed E-state index contributed by atoms with van der Waals surface area (Å²) in [5, 5.41) is 3.31. The Labute approximate surface area is 128 Å². The third kappa shape index (κ3) is 3.98. The summed E-state index contributed by atoms with van der Waals surface area (Å²) < 4.78 is 28.1. The zero-order chi connectivity index (χ0) is 15.5. The number of sulfonamides is 1. The summed E-state index contributed by atoms with van der Waals surface area (Å²) >= 11 is 0. The number of nitrogens with one attached hydrogen (secondary N) is 2. The van der Waals surface area contributed by atoms with E-state index in [1.54, 1.807) is 0 Å². The second-order valence-electron chi connectivity index (χ2n) is 5.97. The van der Waals surface area contributed by atoms with Gasteiger partial charge >= 0.3 is 0 Å². The molecule has 0 bridgehead atoms. The van der Waals surface area contributed by atoms with E-state index in [-0.39, 0.29) is 6.04 Å². The normalized spacial score (nSPS) is 16.3. The average Bonchev–Trinajstić information content (AvgIpc) is 2.87. The fourth-order valence-corrected chi connectivity index (χ4v) is 4.83. The van der Waals surface area contributed by atoms with Crippen LogP contribution >= 0.6 is 0 Å². The molecule has 0 heterocycles. The van der Waals surface area contributed by atoms with Crippen LogP contribution in [0, 0.1) is 13.8 Å². The smallest absolute Gasteiger partial charge is 0.241 e. The average molecular weight is 310 g/mol. The molecule has 2 rings (SSSR count). The Bertz CT molecular complexity index is 567. The molecule has 0 amide bonds. The Hall–Kier alpha value is -1.07. The van der Waals surface area contributed by atoms with Gasteiger partial charge in [0.25, 0.3) is 0 Å². The molecule has 0 aromatic heterocycles. The van der Waals surface area contributed by atoms with E-state index in [1.165, 1.54) is 0 Å². The first-order chi connectivity index (χ1) is 9.94. The number of benzene rings is 1. The first-order valence-electron chi connectivity index (χ1n) is 7.81. The van der Waals surface area contributed by atoms with Crippen molar-refractivity contribution in [3.63, 3.8) is 0 Å². The van der Waals surface area contributed by atoms with Crippen molar-refractivity contribution in [1.82, 2.24) is 4.72 Å². The lowest BCUT2D eigenvalue weighted by molar-refractivity contribution is 0.551.